The van der Waals surface area contributed by atoms with E-state index >= 15 is 0 Å². The zero-order chi connectivity index (χ0) is 25.3. The van der Waals surface area contributed by atoms with E-state index in [1.807, 2.05) is 0 Å². The Kier molecular flexibility index (Phi) is 7.77. The molecule has 2 aromatic rings. The van der Waals surface area contributed by atoms with Crippen LogP contribution in [-0.4, -0.2) is 0 Å². The summed E-state index contributed by atoms with van der Waals surface area (Å²) in [4.78, 5) is 0. The molecule has 0 aliphatic heterocycles. The van der Waals surface area contributed by atoms with E-state index in [4.69, 9.17) is 0 Å². The number of benzene rings is 2. The molecule has 3 rings (SSSR count). The summed E-state index contributed by atoms with van der Waals surface area (Å²) < 4.78 is 128. The van der Waals surface area contributed by atoms with Crippen LogP contribution in [0.3, 0.4) is 0 Å². The molecule has 1 nitrogen and oxygen atoms in total. The van der Waals surface area contributed by atoms with E-state index in [1.165, 1.54) is 0 Å². The van der Waals surface area contributed by atoms with Crippen LogP contribution in [0.15, 0.2) is 24.3 Å². The van der Waals surface area contributed by atoms with Crippen LogP contribution in [0.4, 0.5) is 39.5 Å². The number of ether oxygens (including phenoxy) is 1. The van der Waals surface area contributed by atoms with Crippen LogP contribution < -0.4 is 4.74 Å². The molecule has 0 amide bonds. The molecule has 0 saturated heterocycles. The number of halogens is 9. The Morgan fingerprint density at radius 1 is 0.765 bits per heavy atom. The van der Waals surface area contributed by atoms with E-state index in [1.54, 1.807) is 0 Å². The van der Waals surface area contributed by atoms with Gasteiger partial charge in [-0.3, -0.25) is 0 Å². The summed E-state index contributed by atoms with van der Waals surface area (Å²) in [6.07, 6.45) is -3.90. The van der Waals surface area contributed by atoms with Gasteiger partial charge in [-0.05, 0) is 55.2 Å². The first kappa shape index (κ1) is 26.2. The average molecular weight is 498 g/mol. The highest BCUT2D eigenvalue weighted by Gasteiger charge is 2.43. The molecule has 0 heterocycles. The van der Waals surface area contributed by atoms with E-state index in [0.717, 1.165) is 44.2 Å². The smallest absolute Gasteiger partial charge is 0.429 e. The number of hydrogen-bond donors (Lipinski definition) is 0. The van der Waals surface area contributed by atoms with Gasteiger partial charge in [-0.2, -0.15) is 22.0 Å². The molecule has 188 valence electrons. The van der Waals surface area contributed by atoms with Crippen LogP contribution in [0, 0.1) is 29.2 Å². The third-order valence-electron chi connectivity index (χ3n) is 6.18. The van der Waals surface area contributed by atoms with Crippen molar-refractivity contribution in [1.29, 1.82) is 0 Å². The predicted molar refractivity (Wildman–Crippen MR) is 106 cm³/mol. The van der Waals surface area contributed by atoms with Gasteiger partial charge >= 0.3 is 12.3 Å². The standard InChI is InChI=1S/C24H23F9O/c1-2-3-4-13-5-7-14(8-6-13)15-9-17(25)22(18(26)10-15)24(32,33)34-16-11-19(27)21(20(28)12-16)23(29,30)31/h9-14H,2-8H2,1H3. The maximum absolute atomic E-state index is 14.6. The highest BCUT2D eigenvalue weighted by molar-refractivity contribution is 5.35. The zero-order valence-electron chi connectivity index (χ0n) is 18.2. The summed E-state index contributed by atoms with van der Waals surface area (Å²) in [5, 5.41) is 0. The quantitative estimate of drug-likeness (QED) is 0.347. The average Bonchev–Trinajstić information content (AvgIpc) is 2.69. The van der Waals surface area contributed by atoms with E-state index in [9.17, 15) is 39.5 Å². The van der Waals surface area contributed by atoms with Gasteiger partial charge in [0.05, 0.1) is 0 Å². The van der Waals surface area contributed by atoms with Crippen molar-refractivity contribution in [2.45, 2.75) is 70.1 Å². The van der Waals surface area contributed by atoms with Gasteiger partial charge in [-0.25, -0.2) is 17.6 Å². The molecule has 0 radical (unpaired) electrons. The fourth-order valence-electron chi connectivity index (χ4n) is 4.46. The highest BCUT2D eigenvalue weighted by Crippen LogP contribution is 2.42. The first-order valence-corrected chi connectivity index (χ1v) is 11.0. The summed E-state index contributed by atoms with van der Waals surface area (Å²) in [7, 11) is 0. The van der Waals surface area contributed by atoms with Crippen LogP contribution in [0.5, 0.6) is 5.75 Å². The topological polar surface area (TPSA) is 9.23 Å². The normalized spacial score (nSPS) is 19.4. The summed E-state index contributed by atoms with van der Waals surface area (Å²) in [5.74, 6) is -8.70. The van der Waals surface area contributed by atoms with Crippen LogP contribution in [0.1, 0.15) is 74.5 Å². The Balaban J connectivity index is 1.81. The van der Waals surface area contributed by atoms with Crippen molar-refractivity contribution in [2.75, 3.05) is 0 Å². The van der Waals surface area contributed by atoms with Crippen molar-refractivity contribution in [2.24, 2.45) is 5.92 Å². The molecule has 1 aliphatic rings. The summed E-state index contributed by atoms with van der Waals surface area (Å²) in [6, 6.07) is 1.31. The van der Waals surface area contributed by atoms with Crippen molar-refractivity contribution in [3.05, 3.63) is 64.2 Å². The maximum Gasteiger partial charge on any atom is 0.432 e. The van der Waals surface area contributed by atoms with E-state index in [0.29, 0.717) is 18.8 Å². The minimum absolute atomic E-state index is 0.124. The van der Waals surface area contributed by atoms with Crippen LogP contribution in [-0.2, 0) is 12.3 Å². The molecule has 0 N–H and O–H groups in total. The lowest BCUT2D eigenvalue weighted by atomic mass is 9.77. The van der Waals surface area contributed by atoms with Gasteiger partial charge in [0.25, 0.3) is 0 Å². The monoisotopic (exact) mass is 498 g/mol. The minimum atomic E-state index is -5.42. The lowest BCUT2D eigenvalue weighted by Crippen LogP contribution is -2.26. The molecule has 0 spiro atoms. The largest absolute Gasteiger partial charge is 0.432 e. The molecule has 2 aromatic carbocycles. The SMILES string of the molecule is CCCCC1CCC(c2cc(F)c(C(F)(F)Oc3cc(F)c(C(F)(F)F)c(F)c3)c(F)c2)CC1. The number of rotatable bonds is 7. The van der Waals surface area contributed by atoms with E-state index in [-0.39, 0.29) is 23.6 Å². The second kappa shape index (κ2) is 10.1. The van der Waals surface area contributed by atoms with Gasteiger partial charge in [0.2, 0.25) is 0 Å². The van der Waals surface area contributed by atoms with Crippen LogP contribution >= 0.6 is 0 Å². The molecule has 1 saturated carbocycles. The highest BCUT2D eigenvalue weighted by atomic mass is 19.4. The van der Waals surface area contributed by atoms with Gasteiger partial charge < -0.3 is 4.74 Å². The first-order chi connectivity index (χ1) is 15.8. The minimum Gasteiger partial charge on any atom is -0.429 e. The Hall–Kier alpha value is -2.39. The molecular formula is C24H23F9O. The second-order valence-corrected chi connectivity index (χ2v) is 8.60. The lowest BCUT2D eigenvalue weighted by molar-refractivity contribution is -0.189. The number of hydrogen-bond acceptors (Lipinski definition) is 1. The molecule has 0 atom stereocenters. The van der Waals surface area contributed by atoms with Crippen LogP contribution in [0.25, 0.3) is 0 Å². The molecule has 34 heavy (non-hydrogen) atoms. The van der Waals surface area contributed by atoms with Crippen molar-refractivity contribution in [3.8, 4) is 5.75 Å². The Bertz CT molecular complexity index is 962. The zero-order valence-corrected chi connectivity index (χ0v) is 18.2. The Labute approximate surface area is 190 Å². The molecule has 10 heteroatoms. The van der Waals surface area contributed by atoms with Crippen molar-refractivity contribution in [3.63, 3.8) is 0 Å². The fourth-order valence-corrected chi connectivity index (χ4v) is 4.46. The third-order valence-corrected chi connectivity index (χ3v) is 6.18. The number of alkyl halides is 5. The third kappa shape index (κ3) is 5.81. The molecule has 1 fully saturated rings. The van der Waals surface area contributed by atoms with Gasteiger partial charge in [0.1, 0.15) is 40.1 Å². The Morgan fingerprint density at radius 3 is 1.74 bits per heavy atom. The van der Waals surface area contributed by atoms with Gasteiger partial charge in [0.15, 0.2) is 0 Å². The van der Waals surface area contributed by atoms with Gasteiger partial charge in [-0.1, -0.05) is 26.2 Å². The summed E-state index contributed by atoms with van der Waals surface area (Å²) in [5.41, 5.74) is -3.88. The molecular weight excluding hydrogens is 475 g/mol. The van der Waals surface area contributed by atoms with Crippen molar-refractivity contribution in [1.82, 2.24) is 0 Å². The van der Waals surface area contributed by atoms with Gasteiger partial charge in [-0.15, -0.1) is 0 Å². The molecule has 0 unspecified atom stereocenters. The first-order valence-electron chi connectivity index (χ1n) is 11.0. The Morgan fingerprint density at radius 2 is 1.26 bits per heavy atom. The fraction of sp³-hybridized carbons (Fsp3) is 0.500. The van der Waals surface area contributed by atoms with E-state index < -0.39 is 52.4 Å². The molecule has 0 bridgehead atoms. The summed E-state index contributed by atoms with van der Waals surface area (Å²) >= 11 is 0. The van der Waals surface area contributed by atoms with Crippen molar-refractivity contribution >= 4 is 0 Å². The van der Waals surface area contributed by atoms with Crippen LogP contribution in [0.2, 0.25) is 0 Å². The number of unbranched alkanes of at least 4 members (excludes halogenated alkanes) is 1. The predicted octanol–water partition coefficient (Wildman–Crippen LogP) is 8.85. The van der Waals surface area contributed by atoms with Gasteiger partial charge in [0, 0.05) is 12.1 Å². The molecule has 1 aliphatic carbocycles. The lowest BCUT2D eigenvalue weighted by Gasteiger charge is -2.29. The molecule has 0 aromatic heterocycles. The van der Waals surface area contributed by atoms with Crippen molar-refractivity contribution < 1.29 is 44.3 Å². The maximum atomic E-state index is 14.6. The second-order valence-electron chi connectivity index (χ2n) is 8.60. The summed E-state index contributed by atoms with van der Waals surface area (Å²) in [6.45, 7) is 2.09. The van der Waals surface area contributed by atoms with E-state index in [2.05, 4.69) is 11.7 Å².